The fourth-order valence-electron chi connectivity index (χ4n) is 2.24. The predicted octanol–water partition coefficient (Wildman–Crippen LogP) is 5.36. The molecule has 6 heteroatoms. The van der Waals surface area contributed by atoms with E-state index in [2.05, 4.69) is 22.6 Å². The molecule has 0 fully saturated rings. The fraction of sp³-hybridized carbons (Fsp3) is 0. The third-order valence-electron chi connectivity index (χ3n) is 3.50. The highest BCUT2D eigenvalue weighted by atomic mass is 127. The van der Waals surface area contributed by atoms with E-state index in [4.69, 9.17) is 4.42 Å². The minimum absolute atomic E-state index is 0.000111. The molecule has 0 amide bonds. The van der Waals surface area contributed by atoms with Crippen LogP contribution in [0.15, 0.2) is 71.2 Å². The smallest absolute Gasteiger partial charge is 0.270 e. The van der Waals surface area contributed by atoms with Gasteiger partial charge in [0.1, 0.15) is 11.5 Å². The van der Waals surface area contributed by atoms with Crippen LogP contribution in [0.2, 0.25) is 0 Å². The fourth-order valence-corrected chi connectivity index (χ4v) is 2.60. The number of benzene rings is 2. The van der Waals surface area contributed by atoms with Crippen molar-refractivity contribution >= 4 is 40.1 Å². The first-order valence-corrected chi connectivity index (χ1v) is 8.43. The molecule has 0 unspecified atom stereocenters. The molecule has 0 bridgehead atoms. The van der Waals surface area contributed by atoms with Gasteiger partial charge in [0, 0.05) is 26.8 Å². The summed E-state index contributed by atoms with van der Waals surface area (Å²) in [7, 11) is 0. The Morgan fingerprint density at radius 3 is 2.56 bits per heavy atom. The van der Waals surface area contributed by atoms with Crippen LogP contribution in [-0.2, 0) is 0 Å². The lowest BCUT2D eigenvalue weighted by Gasteiger charge is -1.97. The average Bonchev–Trinajstić information content (AvgIpc) is 3.09. The van der Waals surface area contributed by atoms with Gasteiger partial charge in [-0.05, 0) is 59.0 Å². The summed E-state index contributed by atoms with van der Waals surface area (Å²) in [5.74, 6) is 0.884. The minimum Gasteiger partial charge on any atom is -0.457 e. The zero-order valence-corrected chi connectivity index (χ0v) is 15.0. The van der Waals surface area contributed by atoms with E-state index in [0.717, 1.165) is 3.57 Å². The Labute approximate surface area is 157 Å². The van der Waals surface area contributed by atoms with Crippen LogP contribution >= 0.6 is 22.6 Å². The summed E-state index contributed by atoms with van der Waals surface area (Å²) in [6.07, 6.45) is 3.03. The van der Waals surface area contributed by atoms with Crippen molar-refractivity contribution in [3.05, 3.63) is 91.7 Å². The second kappa shape index (κ2) is 7.43. The maximum absolute atomic E-state index is 12.1. The molecule has 0 aliphatic carbocycles. The minimum atomic E-state index is -0.451. The van der Waals surface area contributed by atoms with Crippen molar-refractivity contribution in [1.82, 2.24) is 0 Å². The molecule has 25 heavy (non-hydrogen) atoms. The van der Waals surface area contributed by atoms with Gasteiger partial charge in [-0.3, -0.25) is 14.9 Å². The first-order chi connectivity index (χ1) is 12.0. The number of ketones is 1. The zero-order chi connectivity index (χ0) is 17.8. The van der Waals surface area contributed by atoms with Crippen LogP contribution in [0.3, 0.4) is 0 Å². The standard InChI is InChI=1S/C19H12INO4/c20-15-6-4-13(5-7-15)18(22)10-8-17-9-11-19(25-17)14-2-1-3-16(12-14)21(23)24/h1-12H. The molecular formula is C19H12INO4. The van der Waals surface area contributed by atoms with E-state index in [-0.39, 0.29) is 11.5 Å². The van der Waals surface area contributed by atoms with Gasteiger partial charge in [0.05, 0.1) is 4.92 Å². The lowest BCUT2D eigenvalue weighted by Crippen LogP contribution is -1.93. The molecule has 1 aromatic heterocycles. The highest BCUT2D eigenvalue weighted by Crippen LogP contribution is 2.26. The maximum Gasteiger partial charge on any atom is 0.270 e. The number of halogens is 1. The van der Waals surface area contributed by atoms with E-state index in [1.54, 1.807) is 42.5 Å². The largest absolute Gasteiger partial charge is 0.457 e. The van der Waals surface area contributed by atoms with Gasteiger partial charge in [-0.1, -0.05) is 24.3 Å². The van der Waals surface area contributed by atoms with Gasteiger partial charge in [0.15, 0.2) is 5.78 Å². The van der Waals surface area contributed by atoms with Gasteiger partial charge < -0.3 is 4.42 Å². The van der Waals surface area contributed by atoms with E-state index >= 15 is 0 Å². The normalized spacial score (nSPS) is 10.9. The van der Waals surface area contributed by atoms with Gasteiger partial charge in [0.2, 0.25) is 0 Å². The third kappa shape index (κ3) is 4.21. The molecule has 2 aromatic carbocycles. The zero-order valence-electron chi connectivity index (χ0n) is 12.9. The molecule has 3 aromatic rings. The predicted molar refractivity (Wildman–Crippen MR) is 103 cm³/mol. The summed E-state index contributed by atoms with van der Waals surface area (Å²) in [4.78, 5) is 22.5. The SMILES string of the molecule is O=C(C=Cc1ccc(-c2cccc([N+](=O)[O-])c2)o1)c1ccc(I)cc1. The van der Waals surface area contributed by atoms with Crippen LogP contribution in [0.4, 0.5) is 5.69 Å². The first-order valence-electron chi connectivity index (χ1n) is 7.35. The molecule has 0 spiro atoms. The molecule has 0 atom stereocenters. The second-order valence-electron chi connectivity index (χ2n) is 5.21. The van der Waals surface area contributed by atoms with Gasteiger partial charge in [0.25, 0.3) is 5.69 Å². The number of hydrogen-bond donors (Lipinski definition) is 0. The molecule has 0 radical (unpaired) electrons. The number of carbonyl (C=O) groups excluding carboxylic acids is 1. The number of allylic oxidation sites excluding steroid dienone is 1. The van der Waals surface area contributed by atoms with E-state index < -0.39 is 4.92 Å². The summed E-state index contributed by atoms with van der Waals surface area (Å²) in [6.45, 7) is 0. The van der Waals surface area contributed by atoms with Crippen molar-refractivity contribution in [3.63, 3.8) is 0 Å². The van der Waals surface area contributed by atoms with E-state index in [1.165, 1.54) is 18.2 Å². The average molecular weight is 445 g/mol. The van der Waals surface area contributed by atoms with Crippen molar-refractivity contribution in [2.45, 2.75) is 0 Å². The van der Waals surface area contributed by atoms with Crippen molar-refractivity contribution in [2.24, 2.45) is 0 Å². The lowest BCUT2D eigenvalue weighted by molar-refractivity contribution is -0.384. The van der Waals surface area contributed by atoms with Crippen molar-refractivity contribution in [3.8, 4) is 11.3 Å². The Morgan fingerprint density at radius 1 is 1.08 bits per heavy atom. The summed E-state index contributed by atoms with van der Waals surface area (Å²) < 4.78 is 6.71. The Hall–Kier alpha value is -2.74. The van der Waals surface area contributed by atoms with Gasteiger partial charge in [-0.25, -0.2) is 0 Å². The first kappa shape index (κ1) is 17.1. The second-order valence-corrected chi connectivity index (χ2v) is 6.46. The molecule has 0 aliphatic heterocycles. The summed E-state index contributed by atoms with van der Waals surface area (Å²) in [6, 6.07) is 16.9. The van der Waals surface area contributed by atoms with E-state index in [9.17, 15) is 14.9 Å². The number of nitrogens with zero attached hydrogens (tertiary/aromatic N) is 1. The molecule has 0 N–H and O–H groups in total. The summed E-state index contributed by atoms with van der Waals surface area (Å²) >= 11 is 2.18. The van der Waals surface area contributed by atoms with Crippen molar-refractivity contribution in [2.75, 3.05) is 0 Å². The van der Waals surface area contributed by atoms with E-state index in [0.29, 0.717) is 22.6 Å². The number of furan rings is 1. The Kier molecular flexibility index (Phi) is 5.08. The maximum atomic E-state index is 12.1. The van der Waals surface area contributed by atoms with Crippen molar-refractivity contribution < 1.29 is 14.1 Å². The van der Waals surface area contributed by atoms with Crippen molar-refractivity contribution in [1.29, 1.82) is 0 Å². The Morgan fingerprint density at radius 2 is 1.84 bits per heavy atom. The Bertz CT molecular complexity index is 958. The lowest BCUT2D eigenvalue weighted by atomic mass is 10.1. The van der Waals surface area contributed by atoms with Gasteiger partial charge >= 0.3 is 0 Å². The number of nitro benzene ring substituents is 1. The molecule has 124 valence electrons. The van der Waals surface area contributed by atoms with Crippen LogP contribution in [0.5, 0.6) is 0 Å². The third-order valence-corrected chi connectivity index (χ3v) is 4.22. The number of nitro groups is 1. The topological polar surface area (TPSA) is 73.3 Å². The molecular weight excluding hydrogens is 433 g/mol. The molecule has 0 saturated heterocycles. The van der Waals surface area contributed by atoms with Crippen LogP contribution < -0.4 is 0 Å². The highest BCUT2D eigenvalue weighted by molar-refractivity contribution is 14.1. The molecule has 0 aliphatic rings. The number of carbonyl (C=O) groups is 1. The summed E-state index contributed by atoms with van der Waals surface area (Å²) in [5.41, 5.74) is 1.21. The number of hydrogen-bond acceptors (Lipinski definition) is 4. The summed E-state index contributed by atoms with van der Waals surface area (Å²) in [5, 5.41) is 10.8. The van der Waals surface area contributed by atoms with Gasteiger partial charge in [-0.2, -0.15) is 0 Å². The van der Waals surface area contributed by atoms with Crippen LogP contribution in [0.1, 0.15) is 16.1 Å². The Balaban J connectivity index is 1.77. The molecule has 1 heterocycles. The molecule has 0 saturated carbocycles. The van der Waals surface area contributed by atoms with Crippen LogP contribution in [0, 0.1) is 13.7 Å². The molecule has 5 nitrogen and oxygen atoms in total. The quantitative estimate of drug-likeness (QED) is 0.174. The van der Waals surface area contributed by atoms with E-state index in [1.807, 2.05) is 12.1 Å². The highest BCUT2D eigenvalue weighted by Gasteiger charge is 2.10. The monoisotopic (exact) mass is 445 g/mol. The number of non-ortho nitro benzene ring substituents is 1. The van der Waals surface area contributed by atoms with Crippen LogP contribution in [-0.4, -0.2) is 10.7 Å². The van der Waals surface area contributed by atoms with Crippen LogP contribution in [0.25, 0.3) is 17.4 Å². The number of rotatable bonds is 5. The van der Waals surface area contributed by atoms with Gasteiger partial charge in [-0.15, -0.1) is 0 Å². The molecule has 3 rings (SSSR count).